The number of methoxy groups -OCH3 is 1. The summed E-state index contributed by atoms with van der Waals surface area (Å²) in [4.78, 5) is 25.9. The highest BCUT2D eigenvalue weighted by molar-refractivity contribution is 5.86. The average Bonchev–Trinajstić information content (AvgIpc) is 3.06. The normalized spacial score (nSPS) is 17.4. The summed E-state index contributed by atoms with van der Waals surface area (Å²) in [7, 11) is 1.30. The number of piperidine rings is 1. The third kappa shape index (κ3) is 3.78. The maximum absolute atomic E-state index is 12.6. The van der Waals surface area contributed by atoms with Gasteiger partial charge in [-0.2, -0.15) is 5.10 Å². The number of hydrogen-bond acceptors (Lipinski definition) is 4. The zero-order valence-electron chi connectivity index (χ0n) is 13.3. The van der Waals surface area contributed by atoms with E-state index in [0.29, 0.717) is 19.0 Å². The van der Waals surface area contributed by atoms with Gasteiger partial charge in [0.15, 0.2) is 0 Å². The van der Waals surface area contributed by atoms with Crippen molar-refractivity contribution in [3.8, 4) is 0 Å². The van der Waals surface area contributed by atoms with Crippen LogP contribution in [-0.4, -0.2) is 53.3 Å². The fourth-order valence-electron chi connectivity index (χ4n) is 2.80. The van der Waals surface area contributed by atoms with E-state index >= 15 is 0 Å². The molecule has 0 unspecified atom stereocenters. The zero-order chi connectivity index (χ0) is 16.1. The van der Waals surface area contributed by atoms with Crippen molar-refractivity contribution >= 4 is 12.0 Å². The van der Waals surface area contributed by atoms with Crippen molar-refractivity contribution in [2.45, 2.75) is 38.6 Å². The van der Waals surface area contributed by atoms with Crippen LogP contribution in [0.2, 0.25) is 0 Å². The number of carbonyl (C=O) groups excluding carboxylic acids is 2. The van der Waals surface area contributed by atoms with Gasteiger partial charge < -0.3 is 15.0 Å². The molecule has 2 N–H and O–H groups in total. The minimum absolute atomic E-state index is 0.0110. The Labute approximate surface area is 130 Å². The van der Waals surface area contributed by atoms with Crippen molar-refractivity contribution in [1.29, 1.82) is 0 Å². The minimum atomic E-state index is -0.570. The first-order chi connectivity index (χ1) is 10.5. The van der Waals surface area contributed by atoms with Crippen LogP contribution in [0, 0.1) is 5.92 Å². The Morgan fingerprint density at radius 2 is 2.09 bits per heavy atom. The van der Waals surface area contributed by atoms with E-state index in [1.165, 1.54) is 7.11 Å². The molecule has 1 aromatic heterocycles. The number of aromatic nitrogens is 2. The number of nitrogens with one attached hydrogen (secondary N) is 2. The molecular weight excluding hydrogens is 284 g/mol. The number of ether oxygens (including phenoxy) is 1. The predicted octanol–water partition coefficient (Wildman–Crippen LogP) is 1.50. The number of aromatic amines is 1. The Hall–Kier alpha value is -2.05. The van der Waals surface area contributed by atoms with Crippen molar-refractivity contribution in [3.63, 3.8) is 0 Å². The summed E-state index contributed by atoms with van der Waals surface area (Å²) in [6.07, 6.45) is 2.98. The molecule has 0 radical (unpaired) electrons. The van der Waals surface area contributed by atoms with E-state index in [1.807, 2.05) is 24.8 Å². The molecule has 1 aromatic rings. The minimum Gasteiger partial charge on any atom is -0.453 e. The highest BCUT2D eigenvalue weighted by Gasteiger charge is 2.31. The molecule has 1 aliphatic heterocycles. The van der Waals surface area contributed by atoms with E-state index < -0.39 is 12.1 Å². The summed E-state index contributed by atoms with van der Waals surface area (Å²) >= 11 is 0. The lowest BCUT2D eigenvalue weighted by Gasteiger charge is -2.34. The summed E-state index contributed by atoms with van der Waals surface area (Å²) < 4.78 is 4.60. The summed E-state index contributed by atoms with van der Waals surface area (Å²) in [5, 5.41) is 9.61. The van der Waals surface area contributed by atoms with Crippen LogP contribution < -0.4 is 5.32 Å². The lowest BCUT2D eigenvalue weighted by atomic mass is 9.92. The Morgan fingerprint density at radius 3 is 2.59 bits per heavy atom. The number of H-pyrrole nitrogens is 1. The standard InChI is InChI=1S/C15H24N4O3/c1-10(2)13(17-15(21)22-3)14(20)19-8-5-11(6-9-19)12-4-7-16-18-12/h4,7,10-11,13H,5-6,8-9H2,1-3H3,(H,16,18)(H,17,21)/t13-/m0/s1. The lowest BCUT2D eigenvalue weighted by molar-refractivity contribution is -0.135. The number of hydrogen-bond donors (Lipinski definition) is 2. The van der Waals surface area contributed by atoms with Gasteiger partial charge in [-0.3, -0.25) is 9.89 Å². The largest absolute Gasteiger partial charge is 0.453 e. The van der Waals surface area contributed by atoms with Gasteiger partial charge in [0.2, 0.25) is 5.91 Å². The van der Waals surface area contributed by atoms with Crippen LogP contribution in [0.15, 0.2) is 12.3 Å². The molecule has 1 aliphatic rings. The summed E-state index contributed by atoms with van der Waals surface area (Å²) in [6.45, 7) is 5.20. The molecule has 22 heavy (non-hydrogen) atoms. The van der Waals surface area contributed by atoms with E-state index in [4.69, 9.17) is 0 Å². The number of alkyl carbamates (subject to hydrolysis) is 1. The van der Waals surface area contributed by atoms with Crippen molar-refractivity contribution in [3.05, 3.63) is 18.0 Å². The fourth-order valence-corrected chi connectivity index (χ4v) is 2.80. The third-order valence-electron chi connectivity index (χ3n) is 4.16. The molecule has 2 heterocycles. The molecule has 0 bridgehead atoms. The van der Waals surface area contributed by atoms with Gasteiger partial charge in [-0.15, -0.1) is 0 Å². The van der Waals surface area contributed by atoms with Crippen LogP contribution >= 0.6 is 0 Å². The molecule has 1 fully saturated rings. The molecule has 2 amide bonds. The second kappa shape index (κ2) is 7.29. The summed E-state index contributed by atoms with van der Waals surface area (Å²) in [5.41, 5.74) is 1.13. The number of amides is 2. The monoisotopic (exact) mass is 308 g/mol. The third-order valence-corrected chi connectivity index (χ3v) is 4.16. The predicted molar refractivity (Wildman–Crippen MR) is 81.3 cm³/mol. The maximum atomic E-state index is 12.6. The molecule has 7 heteroatoms. The highest BCUT2D eigenvalue weighted by atomic mass is 16.5. The molecule has 122 valence electrons. The van der Waals surface area contributed by atoms with Crippen LogP contribution in [0.25, 0.3) is 0 Å². The van der Waals surface area contributed by atoms with E-state index in [1.54, 1.807) is 6.20 Å². The van der Waals surface area contributed by atoms with Gasteiger partial charge in [0.05, 0.1) is 7.11 Å². The summed E-state index contributed by atoms with van der Waals surface area (Å²) in [6, 6.07) is 1.44. The van der Waals surface area contributed by atoms with Crippen LogP contribution in [0.3, 0.4) is 0 Å². The number of carbonyl (C=O) groups is 2. The average molecular weight is 308 g/mol. The second-order valence-corrected chi connectivity index (χ2v) is 5.97. The van der Waals surface area contributed by atoms with Crippen molar-refractivity contribution in [1.82, 2.24) is 20.4 Å². The van der Waals surface area contributed by atoms with Crippen LogP contribution in [-0.2, 0) is 9.53 Å². The smallest absolute Gasteiger partial charge is 0.407 e. The topological polar surface area (TPSA) is 87.3 Å². The van der Waals surface area contributed by atoms with E-state index in [2.05, 4.69) is 20.3 Å². The highest BCUT2D eigenvalue weighted by Crippen LogP contribution is 2.26. The summed E-state index contributed by atoms with van der Waals surface area (Å²) in [5.74, 6) is 0.387. The van der Waals surface area contributed by atoms with Crippen molar-refractivity contribution in [2.24, 2.45) is 5.92 Å². The maximum Gasteiger partial charge on any atom is 0.407 e. The van der Waals surface area contributed by atoms with Gasteiger partial charge in [0, 0.05) is 30.9 Å². The molecule has 1 atom stereocenters. The first-order valence-electron chi connectivity index (χ1n) is 7.65. The molecule has 0 aromatic carbocycles. The van der Waals surface area contributed by atoms with Crippen molar-refractivity contribution in [2.75, 3.05) is 20.2 Å². The Balaban J connectivity index is 1.93. The van der Waals surface area contributed by atoms with E-state index in [9.17, 15) is 9.59 Å². The van der Waals surface area contributed by atoms with Crippen LogP contribution in [0.4, 0.5) is 4.79 Å². The Morgan fingerprint density at radius 1 is 1.41 bits per heavy atom. The van der Waals surface area contributed by atoms with Crippen LogP contribution in [0.5, 0.6) is 0 Å². The molecule has 1 saturated heterocycles. The van der Waals surface area contributed by atoms with Gasteiger partial charge in [0.1, 0.15) is 6.04 Å². The number of nitrogens with zero attached hydrogens (tertiary/aromatic N) is 2. The van der Waals surface area contributed by atoms with E-state index in [0.717, 1.165) is 18.5 Å². The van der Waals surface area contributed by atoms with Crippen LogP contribution in [0.1, 0.15) is 38.3 Å². The van der Waals surface area contributed by atoms with Gasteiger partial charge in [-0.25, -0.2) is 4.79 Å². The molecule has 0 saturated carbocycles. The second-order valence-electron chi connectivity index (χ2n) is 5.97. The molecule has 7 nitrogen and oxygen atoms in total. The Kier molecular flexibility index (Phi) is 5.41. The molecule has 0 aliphatic carbocycles. The van der Waals surface area contributed by atoms with Crippen molar-refractivity contribution < 1.29 is 14.3 Å². The van der Waals surface area contributed by atoms with Gasteiger partial charge >= 0.3 is 6.09 Å². The molecule has 0 spiro atoms. The molecular formula is C15H24N4O3. The number of likely N-dealkylation sites (tertiary alicyclic amines) is 1. The van der Waals surface area contributed by atoms with E-state index in [-0.39, 0.29) is 11.8 Å². The SMILES string of the molecule is COC(=O)N[C@H](C(=O)N1CCC(c2ccn[nH]2)CC1)C(C)C. The number of rotatable bonds is 4. The first-order valence-corrected chi connectivity index (χ1v) is 7.65. The Bertz CT molecular complexity index is 493. The molecule has 2 rings (SSSR count). The quantitative estimate of drug-likeness (QED) is 0.882. The zero-order valence-corrected chi connectivity index (χ0v) is 13.3. The fraction of sp³-hybridized carbons (Fsp3) is 0.667. The first kappa shape index (κ1) is 16.3. The van der Waals surface area contributed by atoms with Gasteiger partial charge in [0.25, 0.3) is 0 Å². The van der Waals surface area contributed by atoms with Gasteiger partial charge in [-0.05, 0) is 24.8 Å². The lowest BCUT2D eigenvalue weighted by Crippen LogP contribution is -2.52. The van der Waals surface area contributed by atoms with Gasteiger partial charge in [-0.1, -0.05) is 13.8 Å².